The van der Waals surface area contributed by atoms with E-state index in [0.29, 0.717) is 18.9 Å². The van der Waals surface area contributed by atoms with Crippen LogP contribution in [0.1, 0.15) is 33.1 Å². The summed E-state index contributed by atoms with van der Waals surface area (Å²) < 4.78 is 0. The lowest BCUT2D eigenvalue weighted by molar-refractivity contribution is -0.132. The summed E-state index contributed by atoms with van der Waals surface area (Å²) in [5, 5.41) is 6.59. The van der Waals surface area contributed by atoms with Crippen LogP contribution in [0.4, 0.5) is 0 Å². The second-order valence-corrected chi connectivity index (χ2v) is 7.85. The van der Waals surface area contributed by atoms with Gasteiger partial charge < -0.3 is 15.5 Å². The minimum Gasteiger partial charge on any atom is -0.357 e. The van der Waals surface area contributed by atoms with Crippen LogP contribution < -0.4 is 10.6 Å². The number of hydrogen-bond donors (Lipinski definition) is 2. The van der Waals surface area contributed by atoms with Gasteiger partial charge in [-0.25, -0.2) is 0 Å². The van der Waals surface area contributed by atoms with E-state index < -0.39 is 0 Å². The average Bonchev–Trinajstić information content (AvgIpc) is 2.66. The number of rotatable bonds is 8. The Labute approximate surface area is 185 Å². The average molecular weight is 504 g/mol. The molecule has 1 fully saturated rings. The number of nitrogens with one attached hydrogen (secondary N) is 2. The largest absolute Gasteiger partial charge is 0.357 e. The maximum Gasteiger partial charge on any atom is 0.224 e. The van der Waals surface area contributed by atoms with E-state index >= 15 is 0 Å². The van der Waals surface area contributed by atoms with Gasteiger partial charge in [-0.15, -0.1) is 35.7 Å². The number of amides is 1. The highest BCUT2D eigenvalue weighted by molar-refractivity contribution is 14.0. The zero-order valence-corrected chi connectivity index (χ0v) is 19.6. The molecule has 0 spiro atoms. The number of benzene rings is 1. The number of halogens is 1. The lowest BCUT2D eigenvalue weighted by Crippen LogP contribution is -2.40. The Morgan fingerprint density at radius 2 is 2.07 bits per heavy atom. The smallest absolute Gasteiger partial charge is 0.224 e. The van der Waals surface area contributed by atoms with Crippen molar-refractivity contribution in [2.24, 2.45) is 10.9 Å². The van der Waals surface area contributed by atoms with Crippen LogP contribution in [0.2, 0.25) is 0 Å². The maximum absolute atomic E-state index is 12.3. The van der Waals surface area contributed by atoms with Gasteiger partial charge in [0.2, 0.25) is 5.91 Å². The van der Waals surface area contributed by atoms with E-state index in [-0.39, 0.29) is 29.9 Å². The molecule has 1 aliphatic heterocycles. The predicted molar refractivity (Wildman–Crippen MR) is 126 cm³/mol. The van der Waals surface area contributed by atoms with Crippen molar-refractivity contribution >= 4 is 47.6 Å². The summed E-state index contributed by atoms with van der Waals surface area (Å²) >= 11 is 1.82. The Morgan fingerprint density at radius 3 is 2.78 bits per heavy atom. The van der Waals surface area contributed by atoms with Crippen molar-refractivity contribution in [3.8, 4) is 0 Å². The molecule has 1 aliphatic rings. The van der Waals surface area contributed by atoms with E-state index in [1.54, 1.807) is 0 Å². The molecule has 2 rings (SSSR count). The SMILES string of the molecule is CCNC(=NCCC(=O)N1CCCC(C)C1)NCCSc1ccccc1.I. The van der Waals surface area contributed by atoms with Gasteiger partial charge in [0, 0.05) is 43.2 Å². The van der Waals surface area contributed by atoms with E-state index in [9.17, 15) is 4.79 Å². The number of carbonyl (C=O) groups is 1. The van der Waals surface area contributed by atoms with Gasteiger partial charge in [-0.05, 0) is 37.8 Å². The van der Waals surface area contributed by atoms with E-state index in [0.717, 1.165) is 44.3 Å². The monoisotopic (exact) mass is 504 g/mol. The van der Waals surface area contributed by atoms with Crippen molar-refractivity contribution in [3.05, 3.63) is 30.3 Å². The topological polar surface area (TPSA) is 56.7 Å². The second-order valence-electron chi connectivity index (χ2n) is 6.69. The fraction of sp³-hybridized carbons (Fsp3) is 0.600. The summed E-state index contributed by atoms with van der Waals surface area (Å²) in [6.07, 6.45) is 2.85. The number of thioether (sulfide) groups is 1. The molecular weight excluding hydrogens is 471 g/mol. The molecule has 1 saturated heterocycles. The van der Waals surface area contributed by atoms with Gasteiger partial charge >= 0.3 is 0 Å². The molecule has 1 atom stereocenters. The third kappa shape index (κ3) is 9.69. The number of nitrogens with zero attached hydrogens (tertiary/aromatic N) is 2. The first-order valence-electron chi connectivity index (χ1n) is 9.67. The van der Waals surface area contributed by atoms with Crippen molar-refractivity contribution < 1.29 is 4.79 Å². The first-order valence-corrected chi connectivity index (χ1v) is 10.7. The number of carbonyl (C=O) groups excluding carboxylic acids is 1. The van der Waals surface area contributed by atoms with Crippen molar-refractivity contribution in [2.45, 2.75) is 38.0 Å². The highest BCUT2D eigenvalue weighted by Gasteiger charge is 2.20. The van der Waals surface area contributed by atoms with Crippen LogP contribution in [0.25, 0.3) is 0 Å². The van der Waals surface area contributed by atoms with Crippen LogP contribution in [0, 0.1) is 5.92 Å². The molecule has 1 amide bonds. The third-order valence-electron chi connectivity index (χ3n) is 4.36. The quantitative estimate of drug-likeness (QED) is 0.187. The van der Waals surface area contributed by atoms with Crippen LogP contribution in [-0.4, -0.2) is 55.2 Å². The molecule has 152 valence electrons. The van der Waals surface area contributed by atoms with E-state index in [2.05, 4.69) is 53.7 Å². The van der Waals surface area contributed by atoms with Crippen LogP contribution in [0.15, 0.2) is 40.2 Å². The number of hydrogen-bond acceptors (Lipinski definition) is 3. The minimum atomic E-state index is 0. The number of aliphatic imine (C=N–C) groups is 1. The number of piperidine rings is 1. The third-order valence-corrected chi connectivity index (χ3v) is 5.37. The second kappa shape index (κ2) is 14.1. The zero-order valence-electron chi connectivity index (χ0n) is 16.4. The summed E-state index contributed by atoms with van der Waals surface area (Å²) in [7, 11) is 0. The van der Waals surface area contributed by atoms with Crippen molar-refractivity contribution in [1.29, 1.82) is 0 Å². The summed E-state index contributed by atoms with van der Waals surface area (Å²) in [5.74, 6) is 2.62. The Bertz CT molecular complexity index is 570. The van der Waals surface area contributed by atoms with Crippen LogP contribution in [0.3, 0.4) is 0 Å². The van der Waals surface area contributed by atoms with Crippen molar-refractivity contribution in [2.75, 3.05) is 38.5 Å². The molecule has 0 saturated carbocycles. The highest BCUT2D eigenvalue weighted by Crippen LogP contribution is 2.16. The fourth-order valence-corrected chi connectivity index (χ4v) is 3.82. The van der Waals surface area contributed by atoms with Gasteiger partial charge in [-0.3, -0.25) is 9.79 Å². The molecule has 5 nitrogen and oxygen atoms in total. The Morgan fingerprint density at radius 1 is 1.30 bits per heavy atom. The summed E-state index contributed by atoms with van der Waals surface area (Å²) in [6, 6.07) is 10.4. The highest BCUT2D eigenvalue weighted by atomic mass is 127. The molecule has 1 aromatic rings. The van der Waals surface area contributed by atoms with Gasteiger partial charge in [-0.1, -0.05) is 25.1 Å². The number of likely N-dealkylation sites (tertiary alicyclic amines) is 1. The maximum atomic E-state index is 12.3. The first kappa shape index (κ1) is 24.1. The predicted octanol–water partition coefficient (Wildman–Crippen LogP) is 3.60. The van der Waals surface area contributed by atoms with Gasteiger partial charge in [0.05, 0.1) is 6.54 Å². The Kier molecular flexibility index (Phi) is 12.6. The molecule has 1 heterocycles. The Balaban J connectivity index is 0.00000364. The van der Waals surface area contributed by atoms with Crippen molar-refractivity contribution in [3.63, 3.8) is 0 Å². The molecule has 27 heavy (non-hydrogen) atoms. The molecule has 1 unspecified atom stereocenters. The molecule has 0 bridgehead atoms. The zero-order chi connectivity index (χ0) is 18.6. The van der Waals surface area contributed by atoms with Gasteiger partial charge in [-0.2, -0.15) is 0 Å². The first-order chi connectivity index (χ1) is 12.7. The molecule has 0 aromatic heterocycles. The normalized spacial score (nSPS) is 17.2. The molecule has 0 radical (unpaired) electrons. The molecule has 0 aliphatic carbocycles. The van der Waals surface area contributed by atoms with E-state index in [1.165, 1.54) is 11.3 Å². The van der Waals surface area contributed by atoms with Crippen LogP contribution in [-0.2, 0) is 4.79 Å². The lowest BCUT2D eigenvalue weighted by Gasteiger charge is -2.30. The lowest BCUT2D eigenvalue weighted by atomic mass is 10.00. The molecule has 1 aromatic carbocycles. The van der Waals surface area contributed by atoms with Gasteiger partial charge in [0.15, 0.2) is 5.96 Å². The summed E-state index contributed by atoms with van der Waals surface area (Å²) in [5.41, 5.74) is 0. The standard InChI is InChI=1S/C20H32N4OS.HI/c1-3-21-20(23-13-15-26-18-9-5-4-6-10-18)22-12-11-19(25)24-14-7-8-17(2)16-24;/h4-6,9-10,17H,3,7-8,11-16H2,1-2H3,(H2,21,22,23);1H. The van der Waals surface area contributed by atoms with Crippen molar-refractivity contribution in [1.82, 2.24) is 15.5 Å². The van der Waals surface area contributed by atoms with E-state index in [1.807, 2.05) is 22.7 Å². The summed E-state index contributed by atoms with van der Waals surface area (Å²) in [6.45, 7) is 8.26. The van der Waals surface area contributed by atoms with Gasteiger partial charge in [0.1, 0.15) is 0 Å². The molecule has 7 heteroatoms. The van der Waals surface area contributed by atoms with Crippen LogP contribution >= 0.6 is 35.7 Å². The fourth-order valence-electron chi connectivity index (χ4n) is 3.03. The summed E-state index contributed by atoms with van der Waals surface area (Å²) in [4.78, 5) is 20.1. The molecule has 2 N–H and O–H groups in total. The number of guanidine groups is 1. The minimum absolute atomic E-state index is 0. The van der Waals surface area contributed by atoms with Gasteiger partial charge in [0.25, 0.3) is 0 Å². The Hall–Kier alpha value is -0.960. The van der Waals surface area contributed by atoms with E-state index in [4.69, 9.17) is 0 Å². The van der Waals surface area contributed by atoms with Crippen LogP contribution in [0.5, 0.6) is 0 Å². The molecular formula is C20H33IN4OS.